The number of nitrogens with zero attached hydrogens (tertiary/aromatic N) is 1. The topological polar surface area (TPSA) is 12.9 Å². The summed E-state index contributed by atoms with van der Waals surface area (Å²) in [5, 5.41) is 7.63. The van der Waals surface area contributed by atoms with Gasteiger partial charge in [0.15, 0.2) is 0 Å². The quantitative estimate of drug-likeness (QED) is 0.234. The van der Waals surface area contributed by atoms with Crippen molar-refractivity contribution in [3.05, 3.63) is 139 Å². The first kappa shape index (κ1) is 21.5. The third kappa shape index (κ3) is 3.59. The van der Waals surface area contributed by atoms with E-state index in [0.29, 0.717) is 0 Å². The van der Waals surface area contributed by atoms with Crippen LogP contribution < -0.4 is 0 Å². The van der Waals surface area contributed by atoms with Crippen molar-refractivity contribution >= 4 is 32.3 Å². The Morgan fingerprint density at radius 2 is 0.973 bits per heavy atom. The van der Waals surface area contributed by atoms with Crippen LogP contribution in [-0.2, 0) is 0 Å². The lowest BCUT2D eigenvalue weighted by molar-refractivity contribution is 1.29. The summed E-state index contributed by atoms with van der Waals surface area (Å²) in [7, 11) is 0. The zero-order valence-electron chi connectivity index (χ0n) is 20.6. The number of fused-ring (bicyclic) bond motifs is 3. The number of aryl methyl sites for hydroxylation is 1. The van der Waals surface area contributed by atoms with E-state index in [2.05, 4.69) is 133 Å². The molecule has 37 heavy (non-hydrogen) atoms. The molecule has 0 aliphatic carbocycles. The maximum absolute atomic E-state index is 4.34. The van der Waals surface area contributed by atoms with E-state index in [9.17, 15) is 0 Å². The lowest BCUT2D eigenvalue weighted by atomic mass is 9.85. The second-order valence-corrected chi connectivity index (χ2v) is 9.67. The summed E-state index contributed by atoms with van der Waals surface area (Å²) >= 11 is 0. The molecule has 1 aromatic heterocycles. The predicted octanol–water partition coefficient (Wildman–Crippen LogP) is 9.85. The van der Waals surface area contributed by atoms with Gasteiger partial charge in [-0.05, 0) is 84.8 Å². The Balaban J connectivity index is 1.49. The number of pyridine rings is 1. The molecule has 1 heteroatoms. The van der Waals surface area contributed by atoms with Gasteiger partial charge in [-0.25, -0.2) is 0 Å². The van der Waals surface area contributed by atoms with Crippen LogP contribution in [0.2, 0.25) is 0 Å². The standard InChI is InChI=1S/C36H25N/c1-24-20-21-37-23-34(24)26-15-17-27(18-16-26)35-30-10-4-6-12-32(30)36(33-13-7-5-11-31(33)35)29-19-14-25-8-2-3-9-28(25)22-29/h2-23H,1H3. The second-order valence-electron chi connectivity index (χ2n) is 9.67. The molecular formula is C36H25N. The van der Waals surface area contributed by atoms with Crippen LogP contribution in [-0.4, -0.2) is 4.98 Å². The highest BCUT2D eigenvalue weighted by Crippen LogP contribution is 2.44. The van der Waals surface area contributed by atoms with Gasteiger partial charge in [-0.15, -0.1) is 0 Å². The van der Waals surface area contributed by atoms with E-state index >= 15 is 0 Å². The number of benzene rings is 6. The lowest BCUT2D eigenvalue weighted by Crippen LogP contribution is -1.91. The van der Waals surface area contributed by atoms with Crippen molar-refractivity contribution < 1.29 is 0 Å². The van der Waals surface area contributed by atoms with Gasteiger partial charge in [0.25, 0.3) is 0 Å². The van der Waals surface area contributed by atoms with Crippen molar-refractivity contribution in [2.75, 3.05) is 0 Å². The van der Waals surface area contributed by atoms with E-state index in [0.717, 1.165) is 0 Å². The van der Waals surface area contributed by atoms with Gasteiger partial charge in [-0.2, -0.15) is 0 Å². The average Bonchev–Trinajstić information content (AvgIpc) is 2.96. The minimum atomic E-state index is 1.18. The van der Waals surface area contributed by atoms with Crippen molar-refractivity contribution in [2.45, 2.75) is 6.92 Å². The highest BCUT2D eigenvalue weighted by atomic mass is 14.6. The molecule has 0 radical (unpaired) electrons. The molecule has 0 bridgehead atoms. The SMILES string of the molecule is Cc1ccncc1-c1ccc(-c2c3ccccc3c(-c3ccc4ccccc4c3)c3ccccc23)cc1. The minimum Gasteiger partial charge on any atom is -0.264 e. The van der Waals surface area contributed by atoms with Gasteiger partial charge >= 0.3 is 0 Å². The monoisotopic (exact) mass is 471 g/mol. The maximum Gasteiger partial charge on any atom is 0.0349 e. The Hall–Kier alpha value is -4.75. The van der Waals surface area contributed by atoms with Crippen LogP contribution in [0.25, 0.3) is 65.7 Å². The van der Waals surface area contributed by atoms with E-state index in [1.165, 1.54) is 71.3 Å². The molecule has 0 saturated carbocycles. The van der Waals surface area contributed by atoms with Crippen molar-refractivity contribution in [3.63, 3.8) is 0 Å². The molecule has 6 aromatic carbocycles. The van der Waals surface area contributed by atoms with Crippen LogP contribution in [0.3, 0.4) is 0 Å². The molecule has 0 spiro atoms. The average molecular weight is 472 g/mol. The molecule has 0 amide bonds. The molecule has 0 N–H and O–H groups in total. The van der Waals surface area contributed by atoms with Gasteiger partial charge in [0, 0.05) is 18.0 Å². The molecule has 0 saturated heterocycles. The summed E-state index contributed by atoms with van der Waals surface area (Å²) in [5.74, 6) is 0. The molecular weight excluding hydrogens is 446 g/mol. The number of hydrogen-bond donors (Lipinski definition) is 0. The maximum atomic E-state index is 4.34. The first-order valence-electron chi connectivity index (χ1n) is 12.7. The molecule has 1 heterocycles. The number of rotatable bonds is 3. The summed E-state index contributed by atoms with van der Waals surface area (Å²) in [6.45, 7) is 2.14. The third-order valence-electron chi connectivity index (χ3n) is 7.49. The first-order valence-corrected chi connectivity index (χ1v) is 12.7. The summed E-state index contributed by atoms with van der Waals surface area (Å²) in [5.41, 5.74) is 8.65. The van der Waals surface area contributed by atoms with Crippen molar-refractivity contribution in [1.29, 1.82) is 0 Å². The third-order valence-corrected chi connectivity index (χ3v) is 7.49. The summed E-state index contributed by atoms with van der Waals surface area (Å²) in [6, 6.07) is 44.1. The molecule has 0 unspecified atom stereocenters. The zero-order chi connectivity index (χ0) is 24.8. The highest BCUT2D eigenvalue weighted by Gasteiger charge is 2.16. The van der Waals surface area contributed by atoms with Gasteiger partial charge in [0.2, 0.25) is 0 Å². The van der Waals surface area contributed by atoms with E-state index in [1.807, 2.05) is 12.4 Å². The normalized spacial score (nSPS) is 11.4. The number of hydrogen-bond acceptors (Lipinski definition) is 1. The Labute approximate surface area is 216 Å². The largest absolute Gasteiger partial charge is 0.264 e. The van der Waals surface area contributed by atoms with Crippen LogP contribution in [0.1, 0.15) is 5.56 Å². The Morgan fingerprint density at radius 3 is 1.59 bits per heavy atom. The summed E-state index contributed by atoms with van der Waals surface area (Å²) in [6.07, 6.45) is 3.80. The van der Waals surface area contributed by atoms with Crippen molar-refractivity contribution in [1.82, 2.24) is 4.98 Å². The predicted molar refractivity (Wildman–Crippen MR) is 158 cm³/mol. The molecule has 7 rings (SSSR count). The van der Waals surface area contributed by atoms with Crippen molar-refractivity contribution in [3.8, 4) is 33.4 Å². The Morgan fingerprint density at radius 1 is 0.459 bits per heavy atom. The molecule has 0 fully saturated rings. The van der Waals surface area contributed by atoms with Crippen LogP contribution in [0.5, 0.6) is 0 Å². The molecule has 1 nitrogen and oxygen atoms in total. The van der Waals surface area contributed by atoms with E-state index in [-0.39, 0.29) is 0 Å². The smallest absolute Gasteiger partial charge is 0.0349 e. The van der Waals surface area contributed by atoms with E-state index in [4.69, 9.17) is 0 Å². The molecule has 0 aliphatic rings. The summed E-state index contributed by atoms with van der Waals surface area (Å²) in [4.78, 5) is 4.34. The van der Waals surface area contributed by atoms with E-state index in [1.54, 1.807) is 0 Å². The van der Waals surface area contributed by atoms with Crippen LogP contribution in [0, 0.1) is 6.92 Å². The van der Waals surface area contributed by atoms with Gasteiger partial charge in [-0.1, -0.05) is 109 Å². The van der Waals surface area contributed by atoms with Crippen LogP contribution in [0.4, 0.5) is 0 Å². The van der Waals surface area contributed by atoms with Gasteiger partial charge in [0.05, 0.1) is 0 Å². The van der Waals surface area contributed by atoms with Crippen molar-refractivity contribution in [2.24, 2.45) is 0 Å². The molecule has 174 valence electrons. The van der Waals surface area contributed by atoms with Gasteiger partial charge in [-0.3, -0.25) is 4.98 Å². The fourth-order valence-corrected chi connectivity index (χ4v) is 5.68. The number of aromatic nitrogens is 1. The fraction of sp³-hybridized carbons (Fsp3) is 0.0278. The Bertz CT molecular complexity index is 1870. The molecule has 7 aromatic rings. The summed E-state index contributed by atoms with van der Waals surface area (Å²) < 4.78 is 0. The highest BCUT2D eigenvalue weighted by molar-refractivity contribution is 6.21. The molecule has 0 aliphatic heterocycles. The van der Waals surface area contributed by atoms with Gasteiger partial charge < -0.3 is 0 Å². The van der Waals surface area contributed by atoms with Gasteiger partial charge in [0.1, 0.15) is 0 Å². The Kier molecular flexibility index (Phi) is 5.08. The molecule has 0 atom stereocenters. The second kappa shape index (κ2) is 8.72. The first-order chi connectivity index (χ1) is 18.3. The van der Waals surface area contributed by atoms with Crippen LogP contribution in [0.15, 0.2) is 134 Å². The lowest BCUT2D eigenvalue weighted by Gasteiger charge is -2.18. The van der Waals surface area contributed by atoms with E-state index < -0.39 is 0 Å². The zero-order valence-corrected chi connectivity index (χ0v) is 20.6. The minimum absolute atomic E-state index is 1.18. The van der Waals surface area contributed by atoms with Crippen LogP contribution >= 0.6 is 0 Å². The fourth-order valence-electron chi connectivity index (χ4n) is 5.68.